The number of rotatable bonds is 4. The second-order valence-corrected chi connectivity index (χ2v) is 5.76. The molecule has 1 aliphatic heterocycles. The highest BCUT2D eigenvalue weighted by Crippen LogP contribution is 2.30. The summed E-state index contributed by atoms with van der Waals surface area (Å²) in [5.74, 6) is 0.883. The second kappa shape index (κ2) is 8.34. The Hall–Kier alpha value is -1.55. The van der Waals surface area contributed by atoms with Crippen molar-refractivity contribution >= 4 is 12.4 Å². The number of hydrogen-bond acceptors (Lipinski definition) is 3. The fraction of sp³-hybridized carbons (Fsp3) is 0.368. The first-order chi connectivity index (χ1) is 10.8. The fourth-order valence-electron chi connectivity index (χ4n) is 3.04. The minimum atomic E-state index is 0. The summed E-state index contributed by atoms with van der Waals surface area (Å²) in [4.78, 5) is 2.49. The lowest BCUT2D eigenvalue weighted by Gasteiger charge is -2.39. The summed E-state index contributed by atoms with van der Waals surface area (Å²) in [6.45, 7) is 4.96. The van der Waals surface area contributed by atoms with E-state index < -0.39 is 0 Å². The van der Waals surface area contributed by atoms with E-state index in [1.807, 2.05) is 12.1 Å². The van der Waals surface area contributed by atoms with Crippen LogP contribution in [0.25, 0.3) is 0 Å². The maximum absolute atomic E-state index is 6.04. The molecule has 0 radical (unpaired) electrons. The van der Waals surface area contributed by atoms with Crippen molar-refractivity contribution in [1.82, 2.24) is 4.90 Å². The molecule has 1 heterocycles. The number of morpholine rings is 1. The maximum atomic E-state index is 6.04. The van der Waals surface area contributed by atoms with Crippen molar-refractivity contribution in [2.75, 3.05) is 20.3 Å². The molecule has 0 spiro atoms. The van der Waals surface area contributed by atoms with Crippen molar-refractivity contribution in [1.29, 1.82) is 0 Å². The molecule has 2 unspecified atom stereocenters. The normalized spacial score (nSPS) is 21.5. The third-order valence-electron chi connectivity index (χ3n) is 4.36. The Morgan fingerprint density at radius 1 is 1.09 bits per heavy atom. The largest absolute Gasteiger partial charge is 0.497 e. The standard InChI is InChI=1S/C19H23NO2.ClH/c1-15-19(17-8-10-18(21-2)11-9-17)22-13-12-20(15)14-16-6-4-3-5-7-16;/h3-11,15,19H,12-14H2,1-2H3;1H. The van der Waals surface area contributed by atoms with Gasteiger partial charge in [0.05, 0.1) is 19.8 Å². The summed E-state index contributed by atoms with van der Waals surface area (Å²) in [7, 11) is 1.69. The quantitative estimate of drug-likeness (QED) is 0.841. The van der Waals surface area contributed by atoms with E-state index in [1.54, 1.807) is 7.11 Å². The molecule has 2 aromatic rings. The van der Waals surface area contributed by atoms with Crippen molar-refractivity contribution in [2.24, 2.45) is 0 Å². The zero-order chi connectivity index (χ0) is 15.4. The number of halogens is 1. The average molecular weight is 334 g/mol. The summed E-state index contributed by atoms with van der Waals surface area (Å²) in [6, 6.07) is 19.2. The molecule has 1 fully saturated rings. The van der Waals surface area contributed by atoms with Crippen molar-refractivity contribution < 1.29 is 9.47 Å². The van der Waals surface area contributed by atoms with E-state index in [-0.39, 0.29) is 18.5 Å². The van der Waals surface area contributed by atoms with Gasteiger partial charge in [-0.15, -0.1) is 12.4 Å². The van der Waals surface area contributed by atoms with Crippen molar-refractivity contribution in [3.05, 3.63) is 65.7 Å². The van der Waals surface area contributed by atoms with Gasteiger partial charge in [-0.25, -0.2) is 0 Å². The van der Waals surface area contributed by atoms with Crippen molar-refractivity contribution in [3.63, 3.8) is 0 Å². The number of nitrogens with zero attached hydrogens (tertiary/aromatic N) is 1. The van der Waals surface area contributed by atoms with Crippen LogP contribution in [0, 0.1) is 0 Å². The van der Waals surface area contributed by atoms with Crippen LogP contribution < -0.4 is 4.74 Å². The van der Waals surface area contributed by atoms with Crippen LogP contribution in [-0.4, -0.2) is 31.2 Å². The SMILES string of the molecule is COc1ccc(C2OCCN(Cc3ccccc3)C2C)cc1.Cl. The van der Waals surface area contributed by atoms with Gasteiger partial charge >= 0.3 is 0 Å². The molecule has 0 amide bonds. The van der Waals surface area contributed by atoms with E-state index >= 15 is 0 Å². The second-order valence-electron chi connectivity index (χ2n) is 5.76. The van der Waals surface area contributed by atoms with Crippen LogP contribution in [0.1, 0.15) is 24.2 Å². The van der Waals surface area contributed by atoms with Crippen molar-refractivity contribution in [2.45, 2.75) is 25.6 Å². The van der Waals surface area contributed by atoms with Crippen LogP contribution >= 0.6 is 12.4 Å². The first kappa shape index (κ1) is 17.8. The van der Waals surface area contributed by atoms with E-state index in [0.717, 1.165) is 25.4 Å². The Bertz CT molecular complexity index is 588. The Balaban J connectivity index is 0.00000192. The number of benzene rings is 2. The van der Waals surface area contributed by atoms with Gasteiger partial charge < -0.3 is 9.47 Å². The van der Waals surface area contributed by atoms with Gasteiger partial charge in [0.25, 0.3) is 0 Å². The molecule has 124 valence electrons. The highest BCUT2D eigenvalue weighted by atomic mass is 35.5. The van der Waals surface area contributed by atoms with Gasteiger partial charge in [-0.2, -0.15) is 0 Å². The van der Waals surface area contributed by atoms with Crippen LogP contribution in [-0.2, 0) is 11.3 Å². The predicted octanol–water partition coefficient (Wildman–Crippen LogP) is 4.08. The van der Waals surface area contributed by atoms with E-state index in [1.165, 1.54) is 11.1 Å². The van der Waals surface area contributed by atoms with Gasteiger partial charge in [0.2, 0.25) is 0 Å². The van der Waals surface area contributed by atoms with Gasteiger partial charge in [-0.3, -0.25) is 4.90 Å². The Labute approximate surface area is 144 Å². The van der Waals surface area contributed by atoms with Gasteiger partial charge in [-0.05, 0) is 30.2 Å². The van der Waals surface area contributed by atoms with E-state index in [2.05, 4.69) is 54.3 Å². The van der Waals surface area contributed by atoms with Gasteiger partial charge in [0, 0.05) is 19.1 Å². The maximum Gasteiger partial charge on any atom is 0.118 e. The Morgan fingerprint density at radius 3 is 2.43 bits per heavy atom. The molecular weight excluding hydrogens is 310 g/mol. The third-order valence-corrected chi connectivity index (χ3v) is 4.36. The van der Waals surface area contributed by atoms with E-state index in [0.29, 0.717) is 6.04 Å². The van der Waals surface area contributed by atoms with Gasteiger partial charge in [0.1, 0.15) is 5.75 Å². The van der Waals surface area contributed by atoms with Gasteiger partial charge in [0.15, 0.2) is 0 Å². The fourth-order valence-corrected chi connectivity index (χ4v) is 3.04. The number of ether oxygens (including phenoxy) is 2. The highest BCUT2D eigenvalue weighted by Gasteiger charge is 2.29. The lowest BCUT2D eigenvalue weighted by Crippen LogP contribution is -2.44. The van der Waals surface area contributed by atoms with E-state index in [9.17, 15) is 0 Å². The van der Waals surface area contributed by atoms with E-state index in [4.69, 9.17) is 9.47 Å². The summed E-state index contributed by atoms with van der Waals surface area (Å²) < 4.78 is 11.3. The molecule has 23 heavy (non-hydrogen) atoms. The molecule has 4 heteroatoms. The molecule has 3 nitrogen and oxygen atoms in total. The lowest BCUT2D eigenvalue weighted by atomic mass is 10.00. The molecule has 0 saturated carbocycles. The minimum Gasteiger partial charge on any atom is -0.497 e. The predicted molar refractivity (Wildman–Crippen MR) is 95.2 cm³/mol. The summed E-state index contributed by atoms with van der Waals surface area (Å²) in [5, 5.41) is 0. The Kier molecular flexibility index (Phi) is 6.46. The molecule has 3 rings (SSSR count). The molecule has 2 atom stereocenters. The molecule has 2 aromatic carbocycles. The molecule has 0 aromatic heterocycles. The summed E-state index contributed by atoms with van der Waals surface area (Å²) in [5.41, 5.74) is 2.57. The number of methoxy groups -OCH3 is 1. The van der Waals surface area contributed by atoms with Gasteiger partial charge in [-0.1, -0.05) is 42.5 Å². The third kappa shape index (κ3) is 4.25. The van der Waals surface area contributed by atoms with Crippen LogP contribution in [0.3, 0.4) is 0 Å². The van der Waals surface area contributed by atoms with Crippen LogP contribution in [0.2, 0.25) is 0 Å². The van der Waals surface area contributed by atoms with Crippen LogP contribution in [0.15, 0.2) is 54.6 Å². The van der Waals surface area contributed by atoms with Crippen LogP contribution in [0.4, 0.5) is 0 Å². The molecule has 0 aliphatic carbocycles. The summed E-state index contributed by atoms with van der Waals surface area (Å²) >= 11 is 0. The van der Waals surface area contributed by atoms with Crippen molar-refractivity contribution in [3.8, 4) is 5.75 Å². The smallest absolute Gasteiger partial charge is 0.118 e. The minimum absolute atomic E-state index is 0. The lowest BCUT2D eigenvalue weighted by molar-refractivity contribution is -0.0702. The molecular formula is C19H24ClNO2. The highest BCUT2D eigenvalue weighted by molar-refractivity contribution is 5.85. The average Bonchev–Trinajstić information content (AvgIpc) is 2.58. The Morgan fingerprint density at radius 2 is 1.78 bits per heavy atom. The zero-order valence-electron chi connectivity index (χ0n) is 13.6. The molecule has 1 saturated heterocycles. The number of hydrogen-bond donors (Lipinski definition) is 0. The summed E-state index contributed by atoms with van der Waals surface area (Å²) in [6.07, 6.45) is 0.114. The monoisotopic (exact) mass is 333 g/mol. The van der Waals surface area contributed by atoms with Crippen LogP contribution in [0.5, 0.6) is 5.75 Å². The topological polar surface area (TPSA) is 21.7 Å². The first-order valence-electron chi connectivity index (χ1n) is 7.81. The molecule has 0 bridgehead atoms. The zero-order valence-corrected chi connectivity index (χ0v) is 14.5. The molecule has 1 aliphatic rings. The molecule has 0 N–H and O–H groups in total. The first-order valence-corrected chi connectivity index (χ1v) is 7.81.